The molecule has 2 heterocycles. The summed E-state index contributed by atoms with van der Waals surface area (Å²) in [5, 5.41) is 9.42. The van der Waals surface area contributed by atoms with Crippen molar-refractivity contribution >= 4 is 70.9 Å². The molecule has 2 unspecified atom stereocenters. The van der Waals surface area contributed by atoms with E-state index in [1.807, 2.05) is 12.3 Å². The van der Waals surface area contributed by atoms with Crippen molar-refractivity contribution in [2.24, 2.45) is 5.92 Å². The molecule has 12 rings (SSSR count). The lowest BCUT2D eigenvalue weighted by molar-refractivity contribution is 0.632. The van der Waals surface area contributed by atoms with Crippen LogP contribution in [0.1, 0.15) is 17.0 Å². The van der Waals surface area contributed by atoms with Crippen LogP contribution in [-0.2, 0) is 0 Å². The van der Waals surface area contributed by atoms with Gasteiger partial charge in [0.05, 0.1) is 22.9 Å². The zero-order chi connectivity index (χ0) is 37.5. The molecule has 8 aromatic carbocycles. The second-order valence-electron chi connectivity index (χ2n) is 15.2. The minimum absolute atomic E-state index is 0.150. The van der Waals surface area contributed by atoms with Crippen LogP contribution in [-0.4, -0.2) is 9.97 Å². The lowest BCUT2D eigenvalue weighted by atomic mass is 9.72. The van der Waals surface area contributed by atoms with Crippen LogP contribution in [0.15, 0.2) is 204 Å². The molecule has 10 aromatic rings. The maximum absolute atomic E-state index is 6.53. The van der Waals surface area contributed by atoms with Crippen molar-refractivity contribution in [2.45, 2.75) is 5.92 Å². The van der Waals surface area contributed by atoms with Crippen LogP contribution in [0.5, 0.6) is 0 Å². The molecule has 2 aliphatic carbocycles. The van der Waals surface area contributed by atoms with Gasteiger partial charge in [-0.25, -0.2) is 4.98 Å². The number of fused-ring (bicyclic) bond motifs is 11. The van der Waals surface area contributed by atoms with Crippen molar-refractivity contribution < 1.29 is 4.42 Å². The SMILES string of the molecule is C1=CC2C(=CC=CC2c2cccc3c2oc2ccccc23)C(c2cccc3c(-c4cccc(-c5cnc6c7ccccc7c7ccccc7c6n5)c4)cccc23)=C1. The van der Waals surface area contributed by atoms with Gasteiger partial charge in [0.2, 0.25) is 0 Å². The van der Waals surface area contributed by atoms with E-state index in [0.717, 1.165) is 55.2 Å². The number of para-hydroxylation sites is 2. The molecule has 0 saturated carbocycles. The molecule has 0 aliphatic heterocycles. The van der Waals surface area contributed by atoms with Crippen LogP contribution in [0.2, 0.25) is 0 Å². The van der Waals surface area contributed by atoms with Gasteiger partial charge in [-0.05, 0) is 61.5 Å². The van der Waals surface area contributed by atoms with Gasteiger partial charge in [0, 0.05) is 44.5 Å². The summed E-state index contributed by atoms with van der Waals surface area (Å²) in [5.74, 6) is 0.333. The standard InChI is InChI=1S/C54H34N2O/c1-3-18-46-42(15-1)43-16-2-4-19-47(43)53-52(46)55-32-50(56-53)34-14-7-13-33(31-34)35-20-8-22-37-36(35)21-9-23-38(37)39-24-10-26-41-40(39)25-11-27-44(41)48-28-12-29-49-45-17-5-6-30-51(45)57-54(48)49/h1-32,41,44H. The molecule has 2 aliphatic rings. The number of benzene rings is 8. The highest BCUT2D eigenvalue weighted by molar-refractivity contribution is 6.23. The summed E-state index contributed by atoms with van der Waals surface area (Å²) in [5.41, 5.74) is 13.1. The molecule has 266 valence electrons. The summed E-state index contributed by atoms with van der Waals surface area (Å²) in [6.07, 6.45) is 15.7. The highest BCUT2D eigenvalue weighted by Gasteiger charge is 2.31. The van der Waals surface area contributed by atoms with Crippen LogP contribution in [0.3, 0.4) is 0 Å². The second-order valence-corrected chi connectivity index (χ2v) is 15.2. The first-order valence-corrected chi connectivity index (χ1v) is 19.6. The van der Waals surface area contributed by atoms with Crippen molar-refractivity contribution in [2.75, 3.05) is 0 Å². The molecule has 2 aromatic heterocycles. The van der Waals surface area contributed by atoms with E-state index in [0.29, 0.717) is 0 Å². The second kappa shape index (κ2) is 12.6. The number of nitrogens with zero attached hydrogens (tertiary/aromatic N) is 2. The van der Waals surface area contributed by atoms with Gasteiger partial charge in [-0.1, -0.05) is 176 Å². The predicted molar refractivity (Wildman–Crippen MR) is 237 cm³/mol. The van der Waals surface area contributed by atoms with Crippen molar-refractivity contribution in [3.8, 4) is 22.4 Å². The summed E-state index contributed by atoms with van der Waals surface area (Å²) in [6, 6.07) is 54.1. The maximum Gasteiger partial charge on any atom is 0.139 e. The average molecular weight is 727 g/mol. The van der Waals surface area contributed by atoms with Gasteiger partial charge in [-0.15, -0.1) is 0 Å². The fraction of sp³-hybridized carbons (Fsp3) is 0.0370. The molecule has 57 heavy (non-hydrogen) atoms. The number of hydrogen-bond acceptors (Lipinski definition) is 3. The molecule has 3 heteroatoms. The van der Waals surface area contributed by atoms with Crippen LogP contribution < -0.4 is 0 Å². The zero-order valence-corrected chi connectivity index (χ0v) is 30.9. The third kappa shape index (κ3) is 4.92. The summed E-state index contributed by atoms with van der Waals surface area (Å²) < 4.78 is 6.53. The first-order chi connectivity index (χ1) is 28.3. The minimum atomic E-state index is 0.150. The molecule has 0 saturated heterocycles. The largest absolute Gasteiger partial charge is 0.456 e. The van der Waals surface area contributed by atoms with Crippen LogP contribution in [0.25, 0.3) is 93.2 Å². The van der Waals surface area contributed by atoms with Crippen molar-refractivity contribution in [1.82, 2.24) is 9.97 Å². The highest BCUT2D eigenvalue weighted by atomic mass is 16.3. The monoisotopic (exact) mass is 726 g/mol. The Morgan fingerprint density at radius 1 is 0.456 bits per heavy atom. The van der Waals surface area contributed by atoms with E-state index in [1.165, 1.54) is 54.8 Å². The normalized spacial score (nSPS) is 16.5. The van der Waals surface area contributed by atoms with E-state index in [4.69, 9.17) is 14.4 Å². The Labute approximate surface area is 329 Å². The summed E-state index contributed by atoms with van der Waals surface area (Å²) in [4.78, 5) is 10.3. The highest BCUT2D eigenvalue weighted by Crippen LogP contribution is 2.48. The van der Waals surface area contributed by atoms with Crippen molar-refractivity contribution in [3.63, 3.8) is 0 Å². The fourth-order valence-corrected chi connectivity index (χ4v) is 9.54. The molecule has 0 fully saturated rings. The van der Waals surface area contributed by atoms with Gasteiger partial charge < -0.3 is 4.42 Å². The molecular weight excluding hydrogens is 693 g/mol. The summed E-state index contributed by atoms with van der Waals surface area (Å²) in [7, 11) is 0. The Morgan fingerprint density at radius 2 is 1.07 bits per heavy atom. The van der Waals surface area contributed by atoms with E-state index < -0.39 is 0 Å². The minimum Gasteiger partial charge on any atom is -0.456 e. The number of allylic oxidation sites excluding steroid dienone is 8. The third-order valence-electron chi connectivity index (χ3n) is 12.1. The van der Waals surface area contributed by atoms with E-state index >= 15 is 0 Å². The van der Waals surface area contributed by atoms with Crippen LogP contribution in [0, 0.1) is 5.92 Å². The lowest BCUT2D eigenvalue weighted by Gasteiger charge is -2.31. The quantitative estimate of drug-likeness (QED) is 0.170. The first kappa shape index (κ1) is 31.9. The maximum atomic E-state index is 6.53. The molecule has 3 nitrogen and oxygen atoms in total. The van der Waals surface area contributed by atoms with E-state index in [1.54, 1.807) is 0 Å². The van der Waals surface area contributed by atoms with Crippen molar-refractivity contribution in [3.05, 3.63) is 211 Å². The van der Waals surface area contributed by atoms with E-state index in [9.17, 15) is 0 Å². The zero-order valence-electron chi connectivity index (χ0n) is 30.9. The Balaban J connectivity index is 0.933. The van der Waals surface area contributed by atoms with E-state index in [-0.39, 0.29) is 11.8 Å². The van der Waals surface area contributed by atoms with Crippen LogP contribution >= 0.6 is 0 Å². The summed E-state index contributed by atoms with van der Waals surface area (Å²) >= 11 is 0. The number of rotatable bonds is 4. The van der Waals surface area contributed by atoms with Gasteiger partial charge in [-0.3, -0.25) is 4.98 Å². The number of furan rings is 1. The van der Waals surface area contributed by atoms with E-state index in [2.05, 4.69) is 182 Å². The van der Waals surface area contributed by atoms with Gasteiger partial charge in [0.1, 0.15) is 11.2 Å². The molecule has 0 radical (unpaired) electrons. The third-order valence-corrected chi connectivity index (χ3v) is 12.1. The van der Waals surface area contributed by atoms with Gasteiger partial charge in [0.15, 0.2) is 0 Å². The average Bonchev–Trinajstić information content (AvgIpc) is 3.67. The lowest BCUT2D eigenvalue weighted by Crippen LogP contribution is -2.17. The molecule has 0 bridgehead atoms. The van der Waals surface area contributed by atoms with Crippen molar-refractivity contribution in [1.29, 1.82) is 0 Å². The topological polar surface area (TPSA) is 38.9 Å². The Hall–Kier alpha value is -7.36. The predicted octanol–water partition coefficient (Wildman–Crippen LogP) is 14.2. The summed E-state index contributed by atoms with van der Waals surface area (Å²) in [6.45, 7) is 0. The first-order valence-electron chi connectivity index (χ1n) is 19.6. The van der Waals surface area contributed by atoms with Gasteiger partial charge in [0.25, 0.3) is 0 Å². The Bertz CT molecular complexity index is 3400. The number of hydrogen-bond donors (Lipinski definition) is 0. The number of aromatic nitrogens is 2. The van der Waals surface area contributed by atoms with Gasteiger partial charge in [-0.2, -0.15) is 0 Å². The molecular formula is C54H34N2O. The molecule has 0 N–H and O–H groups in total. The molecule has 2 atom stereocenters. The van der Waals surface area contributed by atoms with Gasteiger partial charge >= 0.3 is 0 Å². The Kier molecular flexibility index (Phi) is 7.05. The fourth-order valence-electron chi connectivity index (χ4n) is 9.54. The molecule has 0 spiro atoms. The Morgan fingerprint density at radius 3 is 1.91 bits per heavy atom. The molecule has 0 amide bonds. The van der Waals surface area contributed by atoms with Crippen LogP contribution in [0.4, 0.5) is 0 Å². The smallest absolute Gasteiger partial charge is 0.139 e.